The molecule has 0 radical (unpaired) electrons. The number of hydrogen-bond donors (Lipinski definition) is 0. The molecule has 0 bridgehead atoms. The fraction of sp³-hybridized carbons (Fsp3) is 0.286. The molecule has 0 saturated carbocycles. The van der Waals surface area contributed by atoms with Crippen LogP contribution in [0, 0.1) is 0 Å². The average molecular weight is 411 g/mol. The summed E-state index contributed by atoms with van der Waals surface area (Å²) in [5.74, 6) is -0.665. The van der Waals surface area contributed by atoms with Gasteiger partial charge < -0.3 is 14.2 Å². The molecule has 1 aromatic carbocycles. The van der Waals surface area contributed by atoms with Gasteiger partial charge in [0.1, 0.15) is 6.54 Å². The zero-order valence-corrected chi connectivity index (χ0v) is 16.7. The largest absolute Gasteiger partial charge is 0.378 e. The van der Waals surface area contributed by atoms with Gasteiger partial charge in [-0.25, -0.2) is 0 Å². The summed E-state index contributed by atoms with van der Waals surface area (Å²) in [4.78, 5) is 40.6. The molecule has 7 nitrogen and oxygen atoms in total. The molecular weight excluding hydrogens is 390 g/mol. The zero-order chi connectivity index (χ0) is 20.4. The van der Waals surface area contributed by atoms with Gasteiger partial charge in [-0.05, 0) is 23.9 Å². The van der Waals surface area contributed by atoms with Gasteiger partial charge in [0.15, 0.2) is 0 Å². The number of benzene rings is 1. The summed E-state index contributed by atoms with van der Waals surface area (Å²) in [6.07, 6.45) is 5.48. The summed E-state index contributed by atoms with van der Waals surface area (Å²) >= 11 is 0.870. The van der Waals surface area contributed by atoms with Crippen LogP contribution in [0.3, 0.4) is 0 Å². The first-order valence-corrected chi connectivity index (χ1v) is 10.2. The van der Waals surface area contributed by atoms with E-state index in [2.05, 4.69) is 6.58 Å². The molecule has 4 rings (SSSR count). The number of fused-ring (bicyclic) bond motifs is 1. The fourth-order valence-electron chi connectivity index (χ4n) is 3.51. The van der Waals surface area contributed by atoms with E-state index in [-0.39, 0.29) is 12.5 Å². The number of para-hydroxylation sites is 1. The lowest BCUT2D eigenvalue weighted by molar-refractivity contribution is -0.139. The van der Waals surface area contributed by atoms with Crippen LogP contribution in [0.15, 0.2) is 48.0 Å². The van der Waals surface area contributed by atoms with Gasteiger partial charge >= 0.3 is 0 Å². The number of morpholine rings is 1. The Labute approximate surface area is 172 Å². The number of thioether (sulfide) groups is 1. The quantitative estimate of drug-likeness (QED) is 0.559. The Morgan fingerprint density at radius 1 is 1.21 bits per heavy atom. The third kappa shape index (κ3) is 3.86. The second kappa shape index (κ2) is 8.26. The van der Waals surface area contributed by atoms with E-state index < -0.39 is 11.1 Å². The van der Waals surface area contributed by atoms with Crippen LogP contribution in [0.5, 0.6) is 0 Å². The van der Waals surface area contributed by atoms with Crippen LogP contribution in [-0.4, -0.2) is 64.3 Å². The maximum atomic E-state index is 12.8. The lowest BCUT2D eigenvalue weighted by atomic mass is 10.1. The molecule has 2 saturated heterocycles. The molecule has 0 N–H and O–H groups in total. The number of carbonyl (C=O) groups is 3. The number of rotatable bonds is 5. The predicted molar refractivity (Wildman–Crippen MR) is 112 cm³/mol. The molecule has 3 heterocycles. The SMILES string of the molecule is C=CCn1cc(/C=C2/SC(=O)N(CC(=O)N3CCOCC3)C2=O)c2ccccc21. The van der Waals surface area contributed by atoms with Crippen molar-refractivity contribution in [3.8, 4) is 0 Å². The van der Waals surface area contributed by atoms with Gasteiger partial charge in [0.05, 0.1) is 18.1 Å². The maximum Gasteiger partial charge on any atom is 0.294 e. The number of nitrogens with zero attached hydrogens (tertiary/aromatic N) is 3. The number of aromatic nitrogens is 1. The summed E-state index contributed by atoms with van der Waals surface area (Å²) in [6, 6.07) is 7.87. The standard InChI is InChI=1S/C21H21N3O4S/c1-2-7-23-13-15(16-5-3-4-6-17(16)23)12-18-20(26)24(21(27)29-18)14-19(25)22-8-10-28-11-9-22/h2-6,12-13H,1,7-11,14H2/b18-12+. The predicted octanol–water partition coefficient (Wildman–Crippen LogP) is 2.72. The molecule has 29 heavy (non-hydrogen) atoms. The van der Waals surface area contributed by atoms with E-state index in [0.717, 1.165) is 33.1 Å². The molecule has 3 amide bonds. The van der Waals surface area contributed by atoms with E-state index in [1.807, 2.05) is 35.0 Å². The van der Waals surface area contributed by atoms with Gasteiger partial charge in [-0.15, -0.1) is 6.58 Å². The van der Waals surface area contributed by atoms with Crippen LogP contribution in [0.1, 0.15) is 5.56 Å². The highest BCUT2D eigenvalue weighted by Gasteiger charge is 2.37. The summed E-state index contributed by atoms with van der Waals surface area (Å²) in [5, 5.41) is 0.572. The van der Waals surface area contributed by atoms with Crippen LogP contribution < -0.4 is 0 Å². The molecule has 150 valence electrons. The molecule has 8 heteroatoms. The van der Waals surface area contributed by atoms with E-state index in [0.29, 0.717) is 37.8 Å². The number of hydrogen-bond acceptors (Lipinski definition) is 5. The van der Waals surface area contributed by atoms with Crippen molar-refractivity contribution >= 4 is 45.8 Å². The number of carbonyl (C=O) groups excluding carboxylic acids is 3. The van der Waals surface area contributed by atoms with E-state index >= 15 is 0 Å². The highest BCUT2D eigenvalue weighted by Crippen LogP contribution is 2.34. The number of imide groups is 1. The van der Waals surface area contributed by atoms with Crippen molar-refractivity contribution in [3.05, 3.63) is 53.6 Å². The number of allylic oxidation sites excluding steroid dienone is 1. The minimum absolute atomic E-state index is 0.236. The molecule has 2 aliphatic heterocycles. The molecule has 2 aliphatic rings. The topological polar surface area (TPSA) is 71.8 Å². The van der Waals surface area contributed by atoms with E-state index in [9.17, 15) is 14.4 Å². The minimum atomic E-state index is -0.429. The van der Waals surface area contributed by atoms with Gasteiger partial charge in [-0.2, -0.15) is 0 Å². The molecule has 1 aromatic heterocycles. The fourth-order valence-corrected chi connectivity index (χ4v) is 4.34. The van der Waals surface area contributed by atoms with E-state index in [1.54, 1.807) is 17.1 Å². The Kier molecular flexibility index (Phi) is 5.55. The van der Waals surface area contributed by atoms with Crippen molar-refractivity contribution < 1.29 is 19.1 Å². The number of ether oxygens (including phenoxy) is 1. The van der Waals surface area contributed by atoms with Crippen molar-refractivity contribution in [3.63, 3.8) is 0 Å². The van der Waals surface area contributed by atoms with Crippen LogP contribution >= 0.6 is 11.8 Å². The Morgan fingerprint density at radius 2 is 1.97 bits per heavy atom. The molecule has 0 unspecified atom stereocenters. The van der Waals surface area contributed by atoms with Crippen molar-refractivity contribution in [2.75, 3.05) is 32.8 Å². The monoisotopic (exact) mass is 411 g/mol. The summed E-state index contributed by atoms with van der Waals surface area (Å²) < 4.78 is 7.28. The van der Waals surface area contributed by atoms with E-state index in [4.69, 9.17) is 4.74 Å². The van der Waals surface area contributed by atoms with Crippen LogP contribution in [0.2, 0.25) is 0 Å². The average Bonchev–Trinajstić information content (AvgIpc) is 3.21. The lowest BCUT2D eigenvalue weighted by Gasteiger charge is -2.28. The Morgan fingerprint density at radius 3 is 2.72 bits per heavy atom. The second-order valence-electron chi connectivity index (χ2n) is 6.80. The Hall–Kier alpha value is -2.84. The van der Waals surface area contributed by atoms with Gasteiger partial charge in [-0.1, -0.05) is 24.3 Å². The van der Waals surface area contributed by atoms with Crippen molar-refractivity contribution in [2.45, 2.75) is 6.54 Å². The van der Waals surface area contributed by atoms with Gasteiger partial charge in [0.2, 0.25) is 5.91 Å². The Balaban J connectivity index is 1.57. The maximum absolute atomic E-state index is 12.8. The van der Waals surface area contributed by atoms with Crippen molar-refractivity contribution in [2.24, 2.45) is 0 Å². The molecule has 0 aliphatic carbocycles. The summed E-state index contributed by atoms with van der Waals surface area (Å²) in [7, 11) is 0. The van der Waals surface area contributed by atoms with Crippen LogP contribution in [0.25, 0.3) is 17.0 Å². The molecule has 0 spiro atoms. The first-order valence-electron chi connectivity index (χ1n) is 9.38. The minimum Gasteiger partial charge on any atom is -0.378 e. The van der Waals surface area contributed by atoms with Crippen molar-refractivity contribution in [1.29, 1.82) is 0 Å². The smallest absolute Gasteiger partial charge is 0.294 e. The second-order valence-corrected chi connectivity index (χ2v) is 7.80. The summed E-state index contributed by atoms with van der Waals surface area (Å²) in [5.41, 5.74) is 1.88. The third-order valence-electron chi connectivity index (χ3n) is 4.96. The third-order valence-corrected chi connectivity index (χ3v) is 5.87. The van der Waals surface area contributed by atoms with Gasteiger partial charge in [0.25, 0.3) is 11.1 Å². The Bertz CT molecular complexity index is 1020. The normalized spacial score (nSPS) is 18.8. The first-order chi connectivity index (χ1) is 14.1. The first kappa shape index (κ1) is 19.5. The molecule has 2 aromatic rings. The van der Waals surface area contributed by atoms with Crippen LogP contribution in [-0.2, 0) is 20.9 Å². The molecule has 2 fully saturated rings. The molecular formula is C21H21N3O4S. The van der Waals surface area contributed by atoms with E-state index in [1.165, 1.54) is 0 Å². The zero-order valence-electron chi connectivity index (χ0n) is 15.9. The number of amides is 3. The lowest BCUT2D eigenvalue weighted by Crippen LogP contribution is -2.46. The highest BCUT2D eigenvalue weighted by molar-refractivity contribution is 8.18. The van der Waals surface area contributed by atoms with Gasteiger partial charge in [0, 0.05) is 42.3 Å². The highest BCUT2D eigenvalue weighted by atomic mass is 32.2. The van der Waals surface area contributed by atoms with Crippen molar-refractivity contribution in [1.82, 2.24) is 14.4 Å². The van der Waals surface area contributed by atoms with Crippen LogP contribution in [0.4, 0.5) is 4.79 Å². The summed E-state index contributed by atoms with van der Waals surface area (Å²) in [6.45, 7) is 6.10. The molecule has 0 atom stereocenters. The van der Waals surface area contributed by atoms with Gasteiger partial charge in [-0.3, -0.25) is 19.3 Å².